The monoisotopic (exact) mass is 246 g/mol. The van der Waals surface area contributed by atoms with E-state index in [-0.39, 0.29) is 0 Å². The highest BCUT2D eigenvalue weighted by Crippen LogP contribution is 2.26. The van der Waals surface area contributed by atoms with Crippen LogP contribution >= 0.6 is 0 Å². The van der Waals surface area contributed by atoms with Gasteiger partial charge in [-0.25, -0.2) is 0 Å². The molecule has 1 aromatic rings. The molecule has 0 unspecified atom stereocenters. The average molecular weight is 246 g/mol. The fraction of sp³-hybridized carbons (Fsp3) is 0.533. The van der Waals surface area contributed by atoms with Crippen LogP contribution in [0.25, 0.3) is 0 Å². The minimum absolute atomic E-state index is 0.619. The third-order valence-electron chi connectivity index (χ3n) is 2.97. The van der Waals surface area contributed by atoms with Crippen molar-refractivity contribution in [2.75, 3.05) is 20.7 Å². The zero-order valence-electron chi connectivity index (χ0n) is 11.8. The number of hydrogen-bond donors (Lipinski definition) is 0. The maximum atomic E-state index is 8.54. The minimum Gasteiger partial charge on any atom is -0.496 e. The third kappa shape index (κ3) is 4.05. The van der Waals surface area contributed by atoms with Crippen LogP contribution < -0.4 is 4.74 Å². The molecule has 0 bridgehead atoms. The van der Waals surface area contributed by atoms with Crippen LogP contribution in [0.3, 0.4) is 0 Å². The SMILES string of the molecule is COc1c(C)cc(C)cc1CN(C)CCCC#N. The predicted molar refractivity (Wildman–Crippen MR) is 73.6 cm³/mol. The Kier molecular flexibility index (Phi) is 5.67. The van der Waals surface area contributed by atoms with Gasteiger partial charge in [-0.15, -0.1) is 0 Å². The van der Waals surface area contributed by atoms with Crippen molar-refractivity contribution in [1.82, 2.24) is 4.90 Å². The van der Waals surface area contributed by atoms with Crippen molar-refractivity contribution < 1.29 is 4.74 Å². The first-order chi connectivity index (χ1) is 8.58. The van der Waals surface area contributed by atoms with E-state index in [0.29, 0.717) is 6.42 Å². The standard InChI is InChI=1S/C15H22N2O/c1-12-9-13(2)15(18-4)14(10-12)11-17(3)8-6-5-7-16/h9-10H,5-6,8,11H2,1-4H3. The van der Waals surface area contributed by atoms with E-state index in [0.717, 1.165) is 25.3 Å². The molecular formula is C15H22N2O. The highest BCUT2D eigenvalue weighted by atomic mass is 16.5. The highest BCUT2D eigenvalue weighted by molar-refractivity contribution is 5.43. The molecule has 0 fully saturated rings. The Morgan fingerprint density at radius 3 is 2.67 bits per heavy atom. The molecule has 0 aromatic heterocycles. The molecule has 0 saturated carbocycles. The van der Waals surface area contributed by atoms with Gasteiger partial charge in [0.25, 0.3) is 0 Å². The van der Waals surface area contributed by atoms with Crippen LogP contribution in [0.4, 0.5) is 0 Å². The van der Waals surface area contributed by atoms with E-state index in [1.165, 1.54) is 16.7 Å². The van der Waals surface area contributed by atoms with Crippen molar-refractivity contribution in [1.29, 1.82) is 5.26 Å². The molecule has 0 radical (unpaired) electrons. The fourth-order valence-corrected chi connectivity index (χ4v) is 2.25. The van der Waals surface area contributed by atoms with Crippen LogP contribution in [0, 0.1) is 25.2 Å². The molecule has 1 aromatic carbocycles. The first-order valence-corrected chi connectivity index (χ1v) is 6.28. The van der Waals surface area contributed by atoms with Gasteiger partial charge in [0, 0.05) is 18.5 Å². The summed E-state index contributed by atoms with van der Waals surface area (Å²) in [5, 5.41) is 8.54. The quantitative estimate of drug-likeness (QED) is 0.724. The molecule has 18 heavy (non-hydrogen) atoms. The predicted octanol–water partition coefficient (Wildman–Crippen LogP) is 3.05. The van der Waals surface area contributed by atoms with Crippen molar-refractivity contribution in [3.8, 4) is 11.8 Å². The van der Waals surface area contributed by atoms with Crippen LogP contribution in [0.2, 0.25) is 0 Å². The number of aryl methyl sites for hydroxylation is 2. The summed E-state index contributed by atoms with van der Waals surface area (Å²) in [7, 11) is 3.80. The normalized spacial score (nSPS) is 10.4. The summed E-state index contributed by atoms with van der Waals surface area (Å²) in [5.41, 5.74) is 3.65. The summed E-state index contributed by atoms with van der Waals surface area (Å²) in [6, 6.07) is 6.49. The first kappa shape index (κ1) is 14.5. The van der Waals surface area contributed by atoms with Crippen LogP contribution in [0.15, 0.2) is 12.1 Å². The molecular weight excluding hydrogens is 224 g/mol. The number of methoxy groups -OCH3 is 1. The Morgan fingerprint density at radius 1 is 1.33 bits per heavy atom. The smallest absolute Gasteiger partial charge is 0.126 e. The molecule has 98 valence electrons. The average Bonchev–Trinajstić information content (AvgIpc) is 2.28. The van der Waals surface area contributed by atoms with Gasteiger partial charge in [-0.05, 0) is 39.4 Å². The Morgan fingerprint density at radius 2 is 2.06 bits per heavy atom. The van der Waals surface area contributed by atoms with E-state index in [2.05, 4.69) is 44.0 Å². The van der Waals surface area contributed by atoms with Gasteiger partial charge in [-0.2, -0.15) is 5.26 Å². The summed E-state index contributed by atoms with van der Waals surface area (Å²) in [4.78, 5) is 2.23. The summed E-state index contributed by atoms with van der Waals surface area (Å²) in [6.45, 7) is 5.97. The lowest BCUT2D eigenvalue weighted by atomic mass is 10.0. The molecule has 0 atom stereocenters. The number of nitriles is 1. The molecule has 0 heterocycles. The summed E-state index contributed by atoms with van der Waals surface area (Å²) >= 11 is 0. The van der Waals surface area contributed by atoms with Crippen molar-refractivity contribution in [2.45, 2.75) is 33.2 Å². The lowest BCUT2D eigenvalue weighted by Crippen LogP contribution is -2.19. The maximum Gasteiger partial charge on any atom is 0.126 e. The first-order valence-electron chi connectivity index (χ1n) is 6.28. The van der Waals surface area contributed by atoms with Crippen LogP contribution in [-0.4, -0.2) is 25.6 Å². The third-order valence-corrected chi connectivity index (χ3v) is 2.97. The number of rotatable bonds is 6. The van der Waals surface area contributed by atoms with Gasteiger partial charge >= 0.3 is 0 Å². The highest BCUT2D eigenvalue weighted by Gasteiger charge is 2.09. The minimum atomic E-state index is 0.619. The van der Waals surface area contributed by atoms with Crippen LogP contribution in [-0.2, 0) is 6.54 Å². The summed E-state index contributed by atoms with van der Waals surface area (Å²) in [5.74, 6) is 0.979. The number of benzene rings is 1. The van der Waals surface area contributed by atoms with Gasteiger partial charge in [0.05, 0.1) is 13.2 Å². The number of nitrogens with zero attached hydrogens (tertiary/aromatic N) is 2. The molecule has 0 aliphatic rings. The molecule has 0 N–H and O–H groups in total. The van der Waals surface area contributed by atoms with Crippen molar-refractivity contribution >= 4 is 0 Å². The molecule has 3 heteroatoms. The molecule has 0 spiro atoms. The lowest BCUT2D eigenvalue weighted by molar-refractivity contribution is 0.314. The van der Waals surface area contributed by atoms with Crippen LogP contribution in [0.1, 0.15) is 29.5 Å². The van der Waals surface area contributed by atoms with E-state index >= 15 is 0 Å². The molecule has 0 saturated heterocycles. The Labute approximate surface area is 110 Å². The molecule has 3 nitrogen and oxygen atoms in total. The largest absolute Gasteiger partial charge is 0.496 e. The van der Waals surface area contributed by atoms with Gasteiger partial charge in [0.15, 0.2) is 0 Å². The molecule has 0 aliphatic heterocycles. The summed E-state index contributed by atoms with van der Waals surface area (Å²) < 4.78 is 5.48. The van der Waals surface area contributed by atoms with Crippen molar-refractivity contribution in [3.05, 3.63) is 28.8 Å². The topological polar surface area (TPSA) is 36.3 Å². The second-order valence-electron chi connectivity index (χ2n) is 4.77. The Bertz CT molecular complexity index is 435. The number of hydrogen-bond acceptors (Lipinski definition) is 3. The van der Waals surface area contributed by atoms with E-state index < -0.39 is 0 Å². The van der Waals surface area contributed by atoms with Gasteiger partial charge < -0.3 is 9.64 Å². The molecule has 0 amide bonds. The number of ether oxygens (including phenoxy) is 1. The van der Waals surface area contributed by atoms with Gasteiger partial charge in [-0.1, -0.05) is 17.7 Å². The van der Waals surface area contributed by atoms with Gasteiger partial charge in [0.1, 0.15) is 5.75 Å². The molecule has 0 aliphatic carbocycles. The van der Waals surface area contributed by atoms with E-state index in [9.17, 15) is 0 Å². The number of unbranched alkanes of at least 4 members (excludes halogenated alkanes) is 1. The Balaban J connectivity index is 2.74. The zero-order valence-corrected chi connectivity index (χ0v) is 11.8. The van der Waals surface area contributed by atoms with Crippen molar-refractivity contribution in [2.24, 2.45) is 0 Å². The van der Waals surface area contributed by atoms with E-state index in [1.54, 1.807) is 7.11 Å². The lowest BCUT2D eigenvalue weighted by Gasteiger charge is -2.19. The van der Waals surface area contributed by atoms with Crippen molar-refractivity contribution in [3.63, 3.8) is 0 Å². The Hall–Kier alpha value is -1.53. The maximum absolute atomic E-state index is 8.54. The zero-order chi connectivity index (χ0) is 13.5. The second-order valence-corrected chi connectivity index (χ2v) is 4.77. The van der Waals surface area contributed by atoms with Gasteiger partial charge in [0.2, 0.25) is 0 Å². The summed E-state index contributed by atoms with van der Waals surface area (Å²) in [6.07, 6.45) is 1.54. The molecule has 1 rings (SSSR count). The van der Waals surface area contributed by atoms with Crippen LogP contribution in [0.5, 0.6) is 5.75 Å². The van der Waals surface area contributed by atoms with E-state index in [4.69, 9.17) is 10.00 Å². The second kappa shape index (κ2) is 7.03. The van der Waals surface area contributed by atoms with E-state index in [1.807, 2.05) is 0 Å². The van der Waals surface area contributed by atoms with Gasteiger partial charge in [-0.3, -0.25) is 0 Å². The fourth-order valence-electron chi connectivity index (χ4n) is 2.25.